The van der Waals surface area contributed by atoms with E-state index in [-0.39, 0.29) is 24.0 Å². The zero-order chi connectivity index (χ0) is 32.8. The Hall–Kier alpha value is -3.87. The quantitative estimate of drug-likeness (QED) is 0.263. The number of amides is 1. The lowest BCUT2D eigenvalue weighted by molar-refractivity contribution is -0.173. The van der Waals surface area contributed by atoms with Crippen LogP contribution in [0.2, 0.25) is 0 Å². The molecule has 2 aromatic heterocycles. The molecule has 4 aliphatic rings. The van der Waals surface area contributed by atoms with Crippen molar-refractivity contribution >= 4 is 17.7 Å². The molecule has 2 bridgehead atoms. The van der Waals surface area contributed by atoms with Gasteiger partial charge in [0.25, 0.3) is 5.91 Å². The summed E-state index contributed by atoms with van der Waals surface area (Å²) in [6.45, 7) is 6.39. The molecule has 248 valence electrons. The van der Waals surface area contributed by atoms with Gasteiger partial charge in [-0.05, 0) is 75.5 Å². The fraction of sp³-hybridized carbons (Fsp3) is 0.576. The first-order valence-corrected chi connectivity index (χ1v) is 16.3. The third-order valence-corrected chi connectivity index (χ3v) is 9.89. The Morgan fingerprint density at radius 3 is 2.48 bits per heavy atom. The van der Waals surface area contributed by atoms with E-state index in [1.165, 1.54) is 21.8 Å². The van der Waals surface area contributed by atoms with E-state index in [1.807, 2.05) is 20.8 Å². The van der Waals surface area contributed by atoms with Gasteiger partial charge in [0.05, 0.1) is 29.3 Å². The number of alkyl halides is 3. The standard InChI is InChI=1S/C33H41F3N6O4/c1-4-16-41-29(43)26-28(40(6-3)31(41)45)38-27(23-18-37-39(20-23)19-22-8-7-9-24(17-22)33(34,35)36)42(26)25(5-2)46-30(44)32-13-10-21(11-14-32)12-15-32/h7-9,17-18,20-21,25,31,45H,4-6,10-16,19H2,1-3H3. The number of ether oxygens (including phenoxy) is 1. The van der Waals surface area contributed by atoms with Crippen molar-refractivity contribution in [1.82, 2.24) is 24.2 Å². The van der Waals surface area contributed by atoms with E-state index in [2.05, 4.69) is 5.10 Å². The van der Waals surface area contributed by atoms with Crippen LogP contribution in [-0.2, 0) is 22.3 Å². The van der Waals surface area contributed by atoms with Crippen molar-refractivity contribution < 1.29 is 32.6 Å². The Kier molecular flexibility index (Phi) is 8.64. The van der Waals surface area contributed by atoms with Crippen molar-refractivity contribution in [3.8, 4) is 11.4 Å². The van der Waals surface area contributed by atoms with E-state index in [4.69, 9.17) is 9.72 Å². The van der Waals surface area contributed by atoms with Gasteiger partial charge in [-0.1, -0.05) is 26.0 Å². The normalized spacial score (nSPS) is 23.5. The minimum Gasteiger partial charge on any atom is -0.441 e. The zero-order valence-corrected chi connectivity index (χ0v) is 26.5. The van der Waals surface area contributed by atoms with Gasteiger partial charge in [0, 0.05) is 25.7 Å². The number of esters is 1. The molecule has 2 unspecified atom stereocenters. The molecular weight excluding hydrogens is 601 g/mol. The number of hydrogen-bond donors (Lipinski definition) is 1. The molecule has 1 aliphatic heterocycles. The molecule has 13 heteroatoms. The highest BCUT2D eigenvalue weighted by Crippen LogP contribution is 2.51. The number of halogens is 3. The van der Waals surface area contributed by atoms with Gasteiger partial charge in [-0.3, -0.25) is 23.7 Å². The van der Waals surface area contributed by atoms with Crippen LogP contribution in [0.15, 0.2) is 36.7 Å². The Balaban J connectivity index is 1.41. The average molecular weight is 643 g/mol. The fourth-order valence-corrected chi connectivity index (χ4v) is 7.31. The number of aliphatic hydroxyl groups excluding tert-OH is 1. The molecule has 3 saturated carbocycles. The lowest BCUT2D eigenvalue weighted by atomic mass is 9.61. The highest BCUT2D eigenvalue weighted by molar-refractivity contribution is 6.00. The number of anilines is 1. The third kappa shape index (κ3) is 5.67. The van der Waals surface area contributed by atoms with E-state index in [9.17, 15) is 27.9 Å². The molecule has 1 N–H and O–H groups in total. The molecule has 0 radical (unpaired) electrons. The second-order valence-corrected chi connectivity index (χ2v) is 12.8. The smallest absolute Gasteiger partial charge is 0.416 e. The van der Waals surface area contributed by atoms with Crippen molar-refractivity contribution in [2.75, 3.05) is 18.0 Å². The van der Waals surface area contributed by atoms with Gasteiger partial charge >= 0.3 is 12.1 Å². The fourth-order valence-electron chi connectivity index (χ4n) is 7.31. The van der Waals surface area contributed by atoms with Crippen LogP contribution in [0.25, 0.3) is 11.4 Å². The van der Waals surface area contributed by atoms with Gasteiger partial charge in [-0.15, -0.1) is 0 Å². The van der Waals surface area contributed by atoms with Crippen LogP contribution in [0.4, 0.5) is 19.0 Å². The SMILES string of the molecule is CCCN1C(=O)c2c(nc(-c3cnn(Cc4cccc(C(F)(F)F)c4)c3)n2C(CC)OC(=O)C23CCC(CC2)CC3)N(CC)C1O. The van der Waals surface area contributed by atoms with Crippen molar-refractivity contribution in [1.29, 1.82) is 0 Å². The van der Waals surface area contributed by atoms with Gasteiger partial charge in [-0.2, -0.15) is 18.3 Å². The van der Waals surface area contributed by atoms with Crippen LogP contribution in [0.3, 0.4) is 0 Å². The summed E-state index contributed by atoms with van der Waals surface area (Å²) in [6.07, 6.45) is 3.04. The summed E-state index contributed by atoms with van der Waals surface area (Å²) in [6, 6.07) is 5.08. The molecule has 1 aromatic carbocycles. The second kappa shape index (κ2) is 12.4. The Morgan fingerprint density at radius 2 is 1.85 bits per heavy atom. The summed E-state index contributed by atoms with van der Waals surface area (Å²) in [5.41, 5.74) is -0.145. The Labute approximate surface area is 266 Å². The maximum absolute atomic E-state index is 14.1. The molecule has 3 aromatic rings. The molecular formula is C33H41F3N6O4. The number of carbonyl (C=O) groups excluding carboxylic acids is 2. The highest BCUT2D eigenvalue weighted by Gasteiger charge is 2.49. The Morgan fingerprint density at radius 1 is 1.13 bits per heavy atom. The summed E-state index contributed by atoms with van der Waals surface area (Å²) in [5, 5.41) is 15.6. The Bertz CT molecular complexity index is 1580. The van der Waals surface area contributed by atoms with E-state index < -0.39 is 35.6 Å². The van der Waals surface area contributed by atoms with Gasteiger partial charge < -0.3 is 14.7 Å². The molecule has 7 rings (SSSR count). The predicted octanol–water partition coefficient (Wildman–Crippen LogP) is 6.20. The summed E-state index contributed by atoms with van der Waals surface area (Å²) >= 11 is 0. The molecule has 3 heterocycles. The lowest BCUT2D eigenvalue weighted by Crippen LogP contribution is -2.56. The molecule has 1 amide bonds. The van der Waals surface area contributed by atoms with Crippen molar-refractivity contribution in [2.45, 2.75) is 97.4 Å². The molecule has 3 aliphatic carbocycles. The van der Waals surface area contributed by atoms with E-state index in [1.54, 1.807) is 21.7 Å². The number of benzene rings is 1. The monoisotopic (exact) mass is 642 g/mol. The largest absolute Gasteiger partial charge is 0.441 e. The van der Waals surface area contributed by atoms with Gasteiger partial charge in [0.2, 0.25) is 6.35 Å². The number of rotatable bonds is 10. The maximum Gasteiger partial charge on any atom is 0.416 e. The highest BCUT2D eigenvalue weighted by atomic mass is 19.4. The molecule has 2 atom stereocenters. The number of nitrogens with zero attached hydrogens (tertiary/aromatic N) is 6. The van der Waals surface area contributed by atoms with Gasteiger partial charge in [0.1, 0.15) is 5.82 Å². The van der Waals surface area contributed by atoms with Crippen LogP contribution >= 0.6 is 0 Å². The first-order valence-electron chi connectivity index (χ1n) is 16.3. The third-order valence-electron chi connectivity index (χ3n) is 9.89. The average Bonchev–Trinajstić information content (AvgIpc) is 3.68. The zero-order valence-electron chi connectivity index (χ0n) is 26.5. The summed E-state index contributed by atoms with van der Waals surface area (Å²) in [5.74, 6) is 0.591. The first kappa shape index (κ1) is 32.1. The number of carbonyl (C=O) groups is 2. The van der Waals surface area contributed by atoms with Gasteiger partial charge in [-0.25, -0.2) is 4.98 Å². The minimum atomic E-state index is -4.47. The topological polar surface area (TPSA) is 106 Å². The number of aromatic nitrogens is 4. The van der Waals surface area contributed by atoms with E-state index >= 15 is 0 Å². The van der Waals surface area contributed by atoms with Crippen LogP contribution in [0, 0.1) is 11.3 Å². The van der Waals surface area contributed by atoms with E-state index in [0.717, 1.165) is 50.7 Å². The predicted molar refractivity (Wildman–Crippen MR) is 163 cm³/mol. The summed E-state index contributed by atoms with van der Waals surface area (Å²) in [7, 11) is 0. The summed E-state index contributed by atoms with van der Waals surface area (Å²) < 4.78 is 49.5. The number of fused-ring (bicyclic) bond motifs is 4. The number of aliphatic hydroxyl groups is 1. The van der Waals surface area contributed by atoms with Crippen LogP contribution in [-0.4, -0.2) is 60.7 Å². The summed E-state index contributed by atoms with van der Waals surface area (Å²) in [4.78, 5) is 35.8. The molecule has 3 fully saturated rings. The molecule has 10 nitrogen and oxygen atoms in total. The lowest BCUT2D eigenvalue weighted by Gasteiger charge is -2.45. The van der Waals surface area contributed by atoms with Crippen LogP contribution in [0.5, 0.6) is 0 Å². The van der Waals surface area contributed by atoms with Crippen molar-refractivity contribution in [3.05, 3.63) is 53.5 Å². The van der Waals surface area contributed by atoms with Gasteiger partial charge in [0.15, 0.2) is 17.7 Å². The second-order valence-electron chi connectivity index (χ2n) is 12.8. The van der Waals surface area contributed by atoms with Crippen LogP contribution in [0.1, 0.15) is 100.0 Å². The minimum absolute atomic E-state index is 0.0725. The molecule has 0 saturated heterocycles. The first-order chi connectivity index (χ1) is 22.0. The molecule has 46 heavy (non-hydrogen) atoms. The molecule has 0 spiro atoms. The number of hydrogen-bond acceptors (Lipinski definition) is 7. The number of imidazole rings is 1. The van der Waals surface area contributed by atoms with Crippen LogP contribution < -0.4 is 4.90 Å². The van der Waals surface area contributed by atoms with Crippen molar-refractivity contribution in [2.24, 2.45) is 11.3 Å². The van der Waals surface area contributed by atoms with Crippen molar-refractivity contribution in [3.63, 3.8) is 0 Å². The van der Waals surface area contributed by atoms with E-state index in [0.29, 0.717) is 48.8 Å². The maximum atomic E-state index is 14.1.